The minimum absolute atomic E-state index is 0.403. The lowest BCUT2D eigenvalue weighted by atomic mass is 10.0. The van der Waals surface area contributed by atoms with Gasteiger partial charge in [-0.15, -0.1) is 0 Å². The van der Waals surface area contributed by atoms with Crippen molar-refractivity contribution in [3.05, 3.63) is 0 Å². The number of rotatable bonds is 6. The van der Waals surface area contributed by atoms with Crippen LogP contribution in [-0.2, 0) is 4.79 Å². The molecule has 102 valence electrons. The van der Waals surface area contributed by atoms with Gasteiger partial charge in [0, 0.05) is 19.0 Å². The highest BCUT2D eigenvalue weighted by Gasteiger charge is 2.67. The Bertz CT molecular complexity index is 314. The molecule has 2 bridgehead atoms. The summed E-state index contributed by atoms with van der Waals surface area (Å²) in [5, 5.41) is 0. The number of hydrogen-bond acceptors (Lipinski definition) is 2. The Hall–Kier alpha value is -0.570. The van der Waals surface area contributed by atoms with Crippen LogP contribution in [0.2, 0.25) is 0 Å². The summed E-state index contributed by atoms with van der Waals surface area (Å²) in [7, 11) is 0. The summed E-state index contributed by atoms with van der Waals surface area (Å²) in [5.74, 6) is 4.19. The predicted molar refractivity (Wildman–Crippen MR) is 71.8 cm³/mol. The van der Waals surface area contributed by atoms with Crippen molar-refractivity contribution in [3.8, 4) is 0 Å². The Kier molecular flexibility index (Phi) is 3.35. The van der Waals surface area contributed by atoms with Gasteiger partial charge >= 0.3 is 0 Å². The summed E-state index contributed by atoms with van der Waals surface area (Å²) in [6, 6.07) is 0. The average molecular weight is 250 g/mol. The second-order valence-corrected chi connectivity index (χ2v) is 6.48. The smallest absolute Gasteiger partial charge is 0.226 e. The van der Waals surface area contributed by atoms with E-state index in [1.165, 1.54) is 19.3 Å². The lowest BCUT2D eigenvalue weighted by Crippen LogP contribution is -2.36. The van der Waals surface area contributed by atoms with Crippen molar-refractivity contribution < 1.29 is 4.79 Å². The molecule has 0 aromatic rings. The number of amides is 1. The van der Waals surface area contributed by atoms with Gasteiger partial charge in [-0.1, -0.05) is 6.92 Å². The first-order valence-electron chi connectivity index (χ1n) is 7.76. The van der Waals surface area contributed by atoms with Crippen molar-refractivity contribution in [1.29, 1.82) is 0 Å². The van der Waals surface area contributed by atoms with Gasteiger partial charge in [0.05, 0.1) is 0 Å². The number of hydrogen-bond donors (Lipinski definition) is 1. The fraction of sp³-hybridized carbons (Fsp3) is 0.933. The van der Waals surface area contributed by atoms with Crippen LogP contribution < -0.4 is 5.73 Å². The molecule has 4 atom stereocenters. The zero-order chi connectivity index (χ0) is 12.7. The van der Waals surface area contributed by atoms with E-state index in [-0.39, 0.29) is 0 Å². The van der Waals surface area contributed by atoms with Crippen molar-refractivity contribution in [3.63, 3.8) is 0 Å². The van der Waals surface area contributed by atoms with Gasteiger partial charge in [0.2, 0.25) is 5.91 Å². The molecule has 3 nitrogen and oxygen atoms in total. The van der Waals surface area contributed by atoms with E-state index in [1.807, 2.05) is 0 Å². The van der Waals surface area contributed by atoms with E-state index in [9.17, 15) is 4.79 Å². The molecule has 1 amide bonds. The van der Waals surface area contributed by atoms with Crippen LogP contribution in [0, 0.1) is 29.6 Å². The summed E-state index contributed by atoms with van der Waals surface area (Å²) < 4.78 is 0. The fourth-order valence-electron chi connectivity index (χ4n) is 4.75. The number of fused-ring (bicyclic) bond motifs is 5. The quantitative estimate of drug-likeness (QED) is 0.782. The van der Waals surface area contributed by atoms with Crippen molar-refractivity contribution in [1.82, 2.24) is 4.90 Å². The first-order chi connectivity index (χ1) is 8.77. The molecule has 0 aromatic carbocycles. The summed E-state index contributed by atoms with van der Waals surface area (Å²) in [4.78, 5) is 14.7. The van der Waals surface area contributed by atoms with Crippen molar-refractivity contribution >= 4 is 5.91 Å². The van der Waals surface area contributed by atoms with E-state index in [0.29, 0.717) is 18.4 Å². The zero-order valence-corrected chi connectivity index (χ0v) is 11.5. The zero-order valence-electron chi connectivity index (χ0n) is 11.5. The van der Waals surface area contributed by atoms with E-state index in [0.717, 1.165) is 49.6 Å². The SMILES string of the molecule is CCCN(CCCN)C(=O)C1C2C3CCC(C3)C12. The van der Waals surface area contributed by atoms with E-state index in [4.69, 9.17) is 5.73 Å². The second-order valence-electron chi connectivity index (χ2n) is 6.48. The summed E-state index contributed by atoms with van der Waals surface area (Å²) in [5.41, 5.74) is 5.57. The third-order valence-corrected chi connectivity index (χ3v) is 5.46. The molecule has 3 saturated carbocycles. The average Bonchev–Trinajstić information content (AvgIpc) is 2.81. The lowest BCUT2D eigenvalue weighted by molar-refractivity contribution is -0.133. The van der Waals surface area contributed by atoms with Gasteiger partial charge in [0.25, 0.3) is 0 Å². The van der Waals surface area contributed by atoms with E-state index in [2.05, 4.69) is 11.8 Å². The number of carbonyl (C=O) groups excluding carboxylic acids is 1. The van der Waals surface area contributed by atoms with Crippen molar-refractivity contribution in [2.24, 2.45) is 35.3 Å². The highest BCUT2D eigenvalue weighted by molar-refractivity contribution is 5.83. The third kappa shape index (κ3) is 1.87. The van der Waals surface area contributed by atoms with E-state index < -0.39 is 0 Å². The van der Waals surface area contributed by atoms with Crippen LogP contribution in [0.5, 0.6) is 0 Å². The van der Waals surface area contributed by atoms with Crippen molar-refractivity contribution in [2.75, 3.05) is 19.6 Å². The van der Waals surface area contributed by atoms with Crippen LogP contribution in [0.4, 0.5) is 0 Å². The number of carbonyl (C=O) groups is 1. The molecule has 18 heavy (non-hydrogen) atoms. The normalized spacial score (nSPS) is 39.8. The highest BCUT2D eigenvalue weighted by Crippen LogP contribution is 2.69. The van der Waals surface area contributed by atoms with Gasteiger partial charge in [0.1, 0.15) is 0 Å². The Morgan fingerprint density at radius 1 is 1.22 bits per heavy atom. The van der Waals surface area contributed by atoms with Gasteiger partial charge in [0.15, 0.2) is 0 Å². The molecule has 3 fully saturated rings. The minimum atomic E-state index is 0.403. The molecule has 0 radical (unpaired) electrons. The maximum absolute atomic E-state index is 12.6. The van der Waals surface area contributed by atoms with Gasteiger partial charge in [-0.2, -0.15) is 0 Å². The van der Waals surface area contributed by atoms with Crippen LogP contribution in [0.3, 0.4) is 0 Å². The topological polar surface area (TPSA) is 46.3 Å². The highest BCUT2D eigenvalue weighted by atomic mass is 16.2. The second kappa shape index (κ2) is 4.84. The largest absolute Gasteiger partial charge is 0.342 e. The van der Waals surface area contributed by atoms with Crippen LogP contribution in [0.1, 0.15) is 39.0 Å². The van der Waals surface area contributed by atoms with Crippen molar-refractivity contribution in [2.45, 2.75) is 39.0 Å². The number of nitrogens with zero attached hydrogens (tertiary/aromatic N) is 1. The molecule has 0 heterocycles. The fourth-order valence-corrected chi connectivity index (χ4v) is 4.75. The van der Waals surface area contributed by atoms with Crippen LogP contribution in [0.25, 0.3) is 0 Å². The first kappa shape index (κ1) is 12.5. The Balaban J connectivity index is 1.60. The van der Waals surface area contributed by atoms with Gasteiger partial charge in [-0.3, -0.25) is 4.79 Å². The lowest BCUT2D eigenvalue weighted by Gasteiger charge is -2.23. The first-order valence-corrected chi connectivity index (χ1v) is 7.76. The maximum Gasteiger partial charge on any atom is 0.226 e. The van der Waals surface area contributed by atoms with Gasteiger partial charge in [-0.25, -0.2) is 0 Å². The van der Waals surface area contributed by atoms with Gasteiger partial charge in [-0.05, 0) is 62.3 Å². The molecule has 2 N–H and O–H groups in total. The molecule has 4 unspecified atom stereocenters. The molecule has 0 aromatic heterocycles. The van der Waals surface area contributed by atoms with E-state index >= 15 is 0 Å². The summed E-state index contributed by atoms with van der Waals surface area (Å²) in [6.07, 6.45) is 6.22. The summed E-state index contributed by atoms with van der Waals surface area (Å²) in [6.45, 7) is 4.63. The standard InChI is InChI=1S/C15H26N2O/c1-2-7-17(8-3-6-16)15(18)14-12-10-4-5-11(9-10)13(12)14/h10-14H,2-9,16H2,1H3. The third-order valence-electron chi connectivity index (χ3n) is 5.46. The number of nitrogens with two attached hydrogens (primary N) is 1. The molecule has 3 heteroatoms. The maximum atomic E-state index is 12.6. The minimum Gasteiger partial charge on any atom is -0.342 e. The molecule has 0 saturated heterocycles. The van der Waals surface area contributed by atoms with Crippen LogP contribution in [0.15, 0.2) is 0 Å². The Morgan fingerprint density at radius 3 is 2.44 bits per heavy atom. The molecule has 0 spiro atoms. The Morgan fingerprint density at radius 2 is 1.89 bits per heavy atom. The molecule has 3 aliphatic carbocycles. The molecular formula is C15H26N2O. The predicted octanol–water partition coefficient (Wildman–Crippen LogP) is 1.87. The molecular weight excluding hydrogens is 224 g/mol. The Labute approximate surface area is 110 Å². The monoisotopic (exact) mass is 250 g/mol. The summed E-state index contributed by atoms with van der Waals surface area (Å²) >= 11 is 0. The molecule has 3 rings (SSSR count). The molecule has 0 aliphatic heterocycles. The van der Waals surface area contributed by atoms with E-state index in [1.54, 1.807) is 0 Å². The van der Waals surface area contributed by atoms with Crippen LogP contribution in [-0.4, -0.2) is 30.4 Å². The van der Waals surface area contributed by atoms with Crippen LogP contribution >= 0.6 is 0 Å². The molecule has 3 aliphatic rings. The van der Waals surface area contributed by atoms with Gasteiger partial charge < -0.3 is 10.6 Å².